The Labute approximate surface area is 159 Å². The summed E-state index contributed by atoms with van der Waals surface area (Å²) in [5.74, 6) is -0.0714. The smallest absolute Gasteiger partial charge is 0.292 e. The zero-order chi connectivity index (χ0) is 19.7. The molecule has 27 heavy (non-hydrogen) atoms. The van der Waals surface area contributed by atoms with Gasteiger partial charge >= 0.3 is 0 Å². The SMILES string of the molecule is C=CC(=O)N1CCN(C2(C(=O)N3CCCC3)CC2)C(=O)C12CC2.COC=O. The van der Waals surface area contributed by atoms with Crippen LogP contribution < -0.4 is 0 Å². The summed E-state index contributed by atoms with van der Waals surface area (Å²) in [7, 11) is 1.31. The van der Waals surface area contributed by atoms with Crippen molar-refractivity contribution >= 4 is 24.2 Å². The molecule has 0 radical (unpaired) electrons. The molecule has 1 spiro atoms. The molecule has 0 aromatic rings. The van der Waals surface area contributed by atoms with Crippen LogP contribution in [0.4, 0.5) is 0 Å². The number of hydrogen-bond donors (Lipinski definition) is 0. The quantitative estimate of drug-likeness (QED) is 0.520. The van der Waals surface area contributed by atoms with Gasteiger partial charge in [-0.1, -0.05) is 6.58 Å². The summed E-state index contributed by atoms with van der Waals surface area (Å²) in [5, 5.41) is 0. The fourth-order valence-corrected chi connectivity index (χ4v) is 4.26. The van der Waals surface area contributed by atoms with E-state index in [1.54, 1.807) is 9.80 Å². The number of methoxy groups -OCH3 is 1. The lowest BCUT2D eigenvalue weighted by Crippen LogP contribution is -2.65. The Hall–Kier alpha value is -2.38. The van der Waals surface area contributed by atoms with Crippen LogP contribution >= 0.6 is 0 Å². The van der Waals surface area contributed by atoms with Crippen molar-refractivity contribution in [3.8, 4) is 0 Å². The van der Waals surface area contributed by atoms with Crippen LogP contribution in [0.25, 0.3) is 0 Å². The number of nitrogens with zero attached hydrogens (tertiary/aromatic N) is 3. The summed E-state index contributed by atoms with van der Waals surface area (Å²) < 4.78 is 3.86. The number of hydrogen-bond acceptors (Lipinski definition) is 5. The molecule has 0 atom stereocenters. The molecule has 2 saturated carbocycles. The van der Waals surface area contributed by atoms with E-state index in [-0.39, 0.29) is 17.7 Å². The van der Waals surface area contributed by atoms with Crippen LogP contribution in [0.3, 0.4) is 0 Å². The Kier molecular flexibility index (Phi) is 5.26. The molecule has 2 aliphatic carbocycles. The standard InChI is InChI=1S/C17H23N3O3.C2H4O2/c1-2-13(21)19-11-12-20(15(23)17(19)7-8-17)16(5-6-16)14(22)18-9-3-4-10-18;1-4-2-3/h2H,1,3-12H2;2H,1H3. The maximum absolute atomic E-state index is 13.1. The van der Waals surface area contributed by atoms with Gasteiger partial charge in [-0.15, -0.1) is 0 Å². The van der Waals surface area contributed by atoms with Crippen molar-refractivity contribution in [3.63, 3.8) is 0 Å². The van der Waals surface area contributed by atoms with Crippen LogP contribution in [0.1, 0.15) is 38.5 Å². The third-order valence-corrected chi connectivity index (χ3v) is 6.00. The summed E-state index contributed by atoms with van der Waals surface area (Å²) in [4.78, 5) is 52.4. The molecule has 0 unspecified atom stereocenters. The number of carbonyl (C=O) groups is 4. The first-order valence-corrected chi connectivity index (χ1v) is 9.49. The van der Waals surface area contributed by atoms with E-state index < -0.39 is 11.1 Å². The largest absolute Gasteiger partial charge is 0.471 e. The zero-order valence-electron chi connectivity index (χ0n) is 15.8. The lowest BCUT2D eigenvalue weighted by atomic mass is 10.0. The van der Waals surface area contributed by atoms with Crippen molar-refractivity contribution in [3.05, 3.63) is 12.7 Å². The molecule has 0 bridgehead atoms. The zero-order valence-corrected chi connectivity index (χ0v) is 15.8. The van der Waals surface area contributed by atoms with E-state index in [1.807, 2.05) is 4.90 Å². The highest BCUT2D eigenvalue weighted by molar-refractivity contribution is 6.02. The summed E-state index contributed by atoms with van der Waals surface area (Å²) in [6, 6.07) is 0. The predicted molar refractivity (Wildman–Crippen MR) is 96.4 cm³/mol. The van der Waals surface area contributed by atoms with Gasteiger partial charge in [0.15, 0.2) is 0 Å². The number of likely N-dealkylation sites (tertiary alicyclic amines) is 1. The Morgan fingerprint density at radius 1 is 1.07 bits per heavy atom. The second kappa shape index (κ2) is 7.32. The number of ether oxygens (including phenoxy) is 1. The molecular formula is C19H27N3O5. The van der Waals surface area contributed by atoms with E-state index in [0.29, 0.717) is 32.4 Å². The van der Waals surface area contributed by atoms with Crippen molar-refractivity contribution in [2.45, 2.75) is 49.6 Å². The minimum absolute atomic E-state index is 0.0241. The minimum Gasteiger partial charge on any atom is -0.471 e. The molecule has 8 heteroatoms. The first kappa shape index (κ1) is 19.4. The van der Waals surface area contributed by atoms with E-state index in [0.717, 1.165) is 38.8 Å². The van der Waals surface area contributed by atoms with Crippen LogP contribution in [-0.2, 0) is 23.9 Å². The van der Waals surface area contributed by atoms with Gasteiger partial charge in [-0.25, -0.2) is 0 Å². The summed E-state index contributed by atoms with van der Waals surface area (Å²) >= 11 is 0. The second-order valence-corrected chi connectivity index (χ2v) is 7.55. The lowest BCUT2D eigenvalue weighted by molar-refractivity contribution is -0.159. The maximum Gasteiger partial charge on any atom is 0.292 e. The van der Waals surface area contributed by atoms with Crippen molar-refractivity contribution in [1.29, 1.82) is 0 Å². The van der Waals surface area contributed by atoms with E-state index >= 15 is 0 Å². The predicted octanol–water partition coefficient (Wildman–Crippen LogP) is 0.320. The molecule has 3 amide bonds. The van der Waals surface area contributed by atoms with E-state index in [2.05, 4.69) is 11.3 Å². The van der Waals surface area contributed by atoms with E-state index in [9.17, 15) is 14.4 Å². The first-order chi connectivity index (χ1) is 13.0. The molecule has 2 saturated heterocycles. The molecule has 0 N–H and O–H groups in total. The topological polar surface area (TPSA) is 87.2 Å². The normalized spacial score (nSPS) is 24.0. The highest BCUT2D eigenvalue weighted by Gasteiger charge is 2.66. The van der Waals surface area contributed by atoms with Gasteiger partial charge in [0.05, 0.1) is 7.11 Å². The molecule has 0 aromatic heterocycles. The average Bonchev–Trinajstić information content (AvgIpc) is 3.61. The van der Waals surface area contributed by atoms with Crippen molar-refractivity contribution in [2.75, 3.05) is 33.3 Å². The van der Waals surface area contributed by atoms with Crippen LogP contribution in [-0.4, -0.2) is 83.3 Å². The number of rotatable bonds is 4. The third-order valence-electron chi connectivity index (χ3n) is 6.00. The summed E-state index contributed by atoms with van der Waals surface area (Å²) in [6.45, 7) is 6.51. The molecule has 4 aliphatic rings. The highest BCUT2D eigenvalue weighted by Crippen LogP contribution is 2.52. The van der Waals surface area contributed by atoms with Gasteiger partial charge in [-0.3, -0.25) is 19.2 Å². The van der Waals surface area contributed by atoms with Gasteiger partial charge in [-0.05, 0) is 44.6 Å². The summed E-state index contributed by atoms with van der Waals surface area (Å²) in [6.07, 6.45) is 6.33. The van der Waals surface area contributed by atoms with Gasteiger partial charge in [0.1, 0.15) is 11.1 Å². The molecule has 2 aliphatic heterocycles. The fraction of sp³-hybridized carbons (Fsp3) is 0.684. The Bertz CT molecular complexity index is 648. The molecule has 148 valence electrons. The highest BCUT2D eigenvalue weighted by atomic mass is 16.5. The Morgan fingerprint density at radius 2 is 1.67 bits per heavy atom. The van der Waals surface area contributed by atoms with E-state index in [4.69, 9.17) is 4.79 Å². The first-order valence-electron chi connectivity index (χ1n) is 9.49. The average molecular weight is 377 g/mol. The van der Waals surface area contributed by atoms with Crippen LogP contribution in [0, 0.1) is 0 Å². The molecule has 4 rings (SSSR count). The van der Waals surface area contributed by atoms with Gasteiger partial charge in [0, 0.05) is 26.2 Å². The van der Waals surface area contributed by atoms with Crippen LogP contribution in [0.2, 0.25) is 0 Å². The van der Waals surface area contributed by atoms with Gasteiger partial charge in [0.25, 0.3) is 6.47 Å². The van der Waals surface area contributed by atoms with Gasteiger partial charge in [-0.2, -0.15) is 0 Å². The maximum atomic E-state index is 13.1. The number of amides is 3. The minimum atomic E-state index is -0.690. The van der Waals surface area contributed by atoms with Crippen LogP contribution in [0.15, 0.2) is 12.7 Å². The third kappa shape index (κ3) is 3.21. The fourth-order valence-electron chi connectivity index (χ4n) is 4.26. The number of piperazine rings is 1. The van der Waals surface area contributed by atoms with Crippen molar-refractivity contribution < 1.29 is 23.9 Å². The van der Waals surface area contributed by atoms with Crippen molar-refractivity contribution in [1.82, 2.24) is 14.7 Å². The molecule has 0 aromatic carbocycles. The Balaban J connectivity index is 0.000000481. The Morgan fingerprint density at radius 3 is 2.11 bits per heavy atom. The summed E-state index contributed by atoms with van der Waals surface area (Å²) in [5.41, 5.74) is -1.30. The lowest BCUT2D eigenvalue weighted by Gasteiger charge is -2.44. The number of carbonyl (C=O) groups excluding carboxylic acids is 4. The van der Waals surface area contributed by atoms with Gasteiger partial charge in [0.2, 0.25) is 17.7 Å². The van der Waals surface area contributed by atoms with Crippen LogP contribution in [0.5, 0.6) is 0 Å². The van der Waals surface area contributed by atoms with E-state index in [1.165, 1.54) is 13.2 Å². The molecule has 2 heterocycles. The van der Waals surface area contributed by atoms with Crippen molar-refractivity contribution in [2.24, 2.45) is 0 Å². The molecular weight excluding hydrogens is 350 g/mol. The second-order valence-electron chi connectivity index (χ2n) is 7.55. The molecule has 8 nitrogen and oxygen atoms in total. The van der Waals surface area contributed by atoms with Gasteiger partial charge < -0.3 is 19.4 Å². The molecule has 4 fully saturated rings. The monoisotopic (exact) mass is 377 g/mol.